The van der Waals surface area contributed by atoms with Gasteiger partial charge in [-0.15, -0.1) is 0 Å². The second kappa shape index (κ2) is 3.59. The number of hydrogen-bond donors (Lipinski definition) is 1. The summed E-state index contributed by atoms with van der Waals surface area (Å²) in [5.41, 5.74) is 2.13. The number of rotatable bonds is 1. The molecule has 1 unspecified atom stereocenters. The molecule has 0 spiro atoms. The van der Waals surface area contributed by atoms with E-state index in [0.717, 1.165) is 15.4 Å². The lowest BCUT2D eigenvalue weighted by atomic mass is 9.96. The molecule has 5 heteroatoms. The van der Waals surface area contributed by atoms with Crippen LogP contribution in [0, 0.1) is 0 Å². The van der Waals surface area contributed by atoms with Crippen LogP contribution in [-0.2, 0) is 16.7 Å². The van der Waals surface area contributed by atoms with Gasteiger partial charge in [0.15, 0.2) is 0 Å². The fourth-order valence-electron chi connectivity index (χ4n) is 2.06. The number of nitrogens with zero attached hydrogens (tertiary/aromatic N) is 1. The maximum Gasteiger partial charge on any atom is 0.336 e. The van der Waals surface area contributed by atoms with E-state index < -0.39 is 10.3 Å². The largest absolute Gasteiger partial charge is 0.336 e. The Morgan fingerprint density at radius 2 is 2.07 bits per heavy atom. The first-order chi connectivity index (χ1) is 7.00. The Morgan fingerprint density at radius 1 is 1.40 bits per heavy atom. The molecule has 4 nitrogen and oxygen atoms in total. The molecule has 0 saturated carbocycles. The molecule has 1 N–H and O–H groups in total. The van der Waals surface area contributed by atoms with Crippen molar-refractivity contribution in [2.75, 3.05) is 6.54 Å². The molecular weight excluding hydrogens is 214 g/mol. The molecule has 1 atom stereocenters. The van der Waals surface area contributed by atoms with Gasteiger partial charge in [-0.25, -0.2) is 0 Å². The smallest absolute Gasteiger partial charge is 0.273 e. The van der Waals surface area contributed by atoms with E-state index in [2.05, 4.69) is 0 Å². The predicted octanol–water partition coefficient (Wildman–Crippen LogP) is 1.41. The van der Waals surface area contributed by atoms with Gasteiger partial charge in [0, 0.05) is 12.6 Å². The van der Waals surface area contributed by atoms with Gasteiger partial charge >= 0.3 is 10.3 Å². The van der Waals surface area contributed by atoms with Gasteiger partial charge in [-0.1, -0.05) is 24.3 Å². The van der Waals surface area contributed by atoms with Gasteiger partial charge in [-0.05, 0) is 24.5 Å². The zero-order chi connectivity index (χ0) is 11.1. The third-order valence-corrected chi connectivity index (χ3v) is 3.93. The van der Waals surface area contributed by atoms with Crippen LogP contribution in [-0.4, -0.2) is 23.8 Å². The minimum atomic E-state index is -4.08. The Bertz CT molecular complexity index is 469. The molecule has 0 bridgehead atoms. The van der Waals surface area contributed by atoms with Crippen molar-refractivity contribution in [1.29, 1.82) is 0 Å². The van der Waals surface area contributed by atoms with Crippen molar-refractivity contribution < 1.29 is 13.0 Å². The summed E-state index contributed by atoms with van der Waals surface area (Å²) in [6, 6.07) is 7.42. The lowest BCUT2D eigenvalue weighted by molar-refractivity contribution is 0.289. The highest BCUT2D eigenvalue weighted by Gasteiger charge is 2.30. The minimum Gasteiger partial charge on any atom is -0.273 e. The van der Waals surface area contributed by atoms with E-state index >= 15 is 0 Å². The average Bonchev–Trinajstić information content (AvgIpc) is 2.16. The maximum absolute atomic E-state index is 11.1. The third-order valence-electron chi connectivity index (χ3n) is 2.84. The summed E-state index contributed by atoms with van der Waals surface area (Å²) in [6.45, 7) is 2.13. The van der Waals surface area contributed by atoms with Crippen molar-refractivity contribution in [3.63, 3.8) is 0 Å². The van der Waals surface area contributed by atoms with Crippen molar-refractivity contribution in [1.82, 2.24) is 4.31 Å². The Hall–Kier alpha value is -0.910. The molecule has 0 amide bonds. The fraction of sp³-hybridized carbons (Fsp3) is 0.400. The topological polar surface area (TPSA) is 57.6 Å². The minimum absolute atomic E-state index is 0.287. The van der Waals surface area contributed by atoms with E-state index in [0.29, 0.717) is 13.0 Å². The zero-order valence-corrected chi connectivity index (χ0v) is 9.24. The second-order valence-electron chi connectivity index (χ2n) is 3.71. The molecule has 2 rings (SSSR count). The molecule has 1 aromatic carbocycles. The molecule has 0 saturated heterocycles. The molecule has 0 radical (unpaired) electrons. The van der Waals surface area contributed by atoms with E-state index in [1.165, 1.54) is 0 Å². The fourth-order valence-corrected chi connectivity index (χ4v) is 2.90. The molecule has 1 aliphatic heterocycles. The summed E-state index contributed by atoms with van der Waals surface area (Å²) < 4.78 is 32.3. The Balaban J connectivity index is 2.42. The summed E-state index contributed by atoms with van der Waals surface area (Å²) >= 11 is 0. The van der Waals surface area contributed by atoms with Crippen LogP contribution in [0.15, 0.2) is 24.3 Å². The van der Waals surface area contributed by atoms with E-state index in [4.69, 9.17) is 4.55 Å². The van der Waals surface area contributed by atoms with E-state index in [1.807, 2.05) is 24.3 Å². The summed E-state index contributed by atoms with van der Waals surface area (Å²) in [5.74, 6) is 0. The van der Waals surface area contributed by atoms with Crippen LogP contribution < -0.4 is 0 Å². The normalized spacial score (nSPS) is 22.4. The molecule has 0 fully saturated rings. The van der Waals surface area contributed by atoms with Gasteiger partial charge in [0.2, 0.25) is 0 Å². The molecule has 1 aromatic rings. The first-order valence-corrected chi connectivity index (χ1v) is 6.22. The first-order valence-electron chi connectivity index (χ1n) is 4.82. The van der Waals surface area contributed by atoms with E-state index in [1.54, 1.807) is 6.92 Å². The zero-order valence-electron chi connectivity index (χ0n) is 8.42. The van der Waals surface area contributed by atoms with Crippen molar-refractivity contribution in [3.8, 4) is 0 Å². The highest BCUT2D eigenvalue weighted by Crippen LogP contribution is 2.30. The Morgan fingerprint density at radius 3 is 2.73 bits per heavy atom. The van der Waals surface area contributed by atoms with Crippen molar-refractivity contribution in [2.45, 2.75) is 19.4 Å². The standard InChI is InChI=1S/C10H13NO3S/c1-8-10-5-3-2-4-9(10)6-7-11(8)15(12,13)14/h2-5,8H,6-7H2,1H3,(H,12,13,14). The molecule has 0 aromatic heterocycles. The van der Waals surface area contributed by atoms with Crippen LogP contribution in [0.4, 0.5) is 0 Å². The molecule has 1 heterocycles. The molecular formula is C10H13NO3S. The van der Waals surface area contributed by atoms with Crippen LogP contribution in [0.3, 0.4) is 0 Å². The summed E-state index contributed by atoms with van der Waals surface area (Å²) in [5, 5.41) is 0. The Kier molecular flexibility index (Phi) is 2.54. The van der Waals surface area contributed by atoms with Gasteiger partial charge in [0.05, 0.1) is 0 Å². The van der Waals surface area contributed by atoms with Gasteiger partial charge in [-0.3, -0.25) is 4.55 Å². The quantitative estimate of drug-likeness (QED) is 0.738. The highest BCUT2D eigenvalue weighted by atomic mass is 32.2. The second-order valence-corrected chi connectivity index (χ2v) is 5.08. The predicted molar refractivity (Wildman–Crippen MR) is 56.8 cm³/mol. The summed E-state index contributed by atoms with van der Waals surface area (Å²) in [7, 11) is -4.08. The maximum atomic E-state index is 11.1. The molecule has 1 aliphatic rings. The average molecular weight is 227 g/mol. The van der Waals surface area contributed by atoms with Crippen LogP contribution in [0.2, 0.25) is 0 Å². The van der Waals surface area contributed by atoms with Gasteiger partial charge in [0.25, 0.3) is 0 Å². The SMILES string of the molecule is CC1c2ccccc2CCN1S(=O)(=O)O. The lowest BCUT2D eigenvalue weighted by Gasteiger charge is -2.31. The van der Waals surface area contributed by atoms with Crippen LogP contribution in [0.5, 0.6) is 0 Å². The first kappa shape index (κ1) is 10.6. The van der Waals surface area contributed by atoms with Gasteiger partial charge in [0.1, 0.15) is 0 Å². The van der Waals surface area contributed by atoms with E-state index in [-0.39, 0.29) is 6.04 Å². The number of benzene rings is 1. The molecule has 0 aliphatic carbocycles. The van der Waals surface area contributed by atoms with Crippen molar-refractivity contribution in [2.24, 2.45) is 0 Å². The van der Waals surface area contributed by atoms with Crippen molar-refractivity contribution >= 4 is 10.3 Å². The van der Waals surface area contributed by atoms with Crippen LogP contribution in [0.1, 0.15) is 24.1 Å². The molecule has 82 valence electrons. The highest BCUT2D eigenvalue weighted by molar-refractivity contribution is 7.83. The summed E-state index contributed by atoms with van der Waals surface area (Å²) in [4.78, 5) is 0. The third kappa shape index (κ3) is 1.90. The Labute approximate surface area is 89.4 Å². The van der Waals surface area contributed by atoms with Crippen molar-refractivity contribution in [3.05, 3.63) is 35.4 Å². The number of fused-ring (bicyclic) bond motifs is 1. The summed E-state index contributed by atoms with van der Waals surface area (Å²) in [6.07, 6.45) is 0.653. The van der Waals surface area contributed by atoms with Gasteiger partial charge in [-0.2, -0.15) is 12.7 Å². The van der Waals surface area contributed by atoms with Crippen LogP contribution >= 0.6 is 0 Å². The molecule has 15 heavy (non-hydrogen) atoms. The van der Waals surface area contributed by atoms with E-state index in [9.17, 15) is 8.42 Å². The lowest BCUT2D eigenvalue weighted by Crippen LogP contribution is -2.38. The number of hydrogen-bond acceptors (Lipinski definition) is 2. The van der Waals surface area contributed by atoms with Crippen LogP contribution in [0.25, 0.3) is 0 Å². The van der Waals surface area contributed by atoms with Gasteiger partial charge < -0.3 is 0 Å². The monoisotopic (exact) mass is 227 g/mol.